The Morgan fingerprint density at radius 2 is 1.31 bits per heavy atom. The van der Waals surface area contributed by atoms with Crippen LogP contribution in [0.4, 0.5) is 0 Å². The Labute approximate surface area is 413 Å². The lowest BCUT2D eigenvalue weighted by Crippen LogP contribution is -2.60. The van der Waals surface area contributed by atoms with Crippen molar-refractivity contribution in [2.75, 3.05) is 6.54 Å². The minimum absolute atomic E-state index is 0.0206. The number of benzene rings is 3. The number of aliphatic hydroxyl groups is 2. The van der Waals surface area contributed by atoms with Crippen molar-refractivity contribution in [1.82, 2.24) is 31.6 Å². The maximum atomic E-state index is 14.5. The molecule has 384 valence electrons. The van der Waals surface area contributed by atoms with Crippen molar-refractivity contribution in [1.29, 1.82) is 0 Å². The highest BCUT2D eigenvalue weighted by Crippen LogP contribution is 2.23. The number of fused-ring (bicyclic) bond motifs is 2. The summed E-state index contributed by atoms with van der Waals surface area (Å²) in [5, 5.41) is 39.0. The lowest BCUT2D eigenvalue weighted by atomic mass is 9.88. The topological polar surface area (TPSA) is 349 Å². The summed E-state index contributed by atoms with van der Waals surface area (Å²) in [5.41, 5.74) is 23.2. The molecule has 9 atom stereocenters. The molecule has 3 aromatic carbocycles. The van der Waals surface area contributed by atoms with Gasteiger partial charge in [-0.05, 0) is 79.8 Å². The van der Waals surface area contributed by atoms with E-state index in [9.17, 15) is 43.8 Å². The Hall–Kier alpha value is -7.19. The summed E-state index contributed by atoms with van der Waals surface area (Å²) in [7, 11) is 0. The normalized spacial score (nSPS) is 15.1. The molecule has 7 amide bonds. The van der Waals surface area contributed by atoms with Gasteiger partial charge in [-0.25, -0.2) is 4.98 Å². The first kappa shape index (κ1) is 56.4. The number of rotatable bonds is 29. The SMILES string of the molecule is CCCC[C@H](NC(=O)[C@@H](NC(=O)[C@@H](NC(=O)c1ccc2ccccc2n1)[C@@H](C)O)[C@@H](C)CC)C(O)CC(Cc1ccc2ccccc2c1)C(=O)N[C@@H](CCC(N)=O)C(=O)N[C@@H](CCCN=C(N)N)C(N)=O. The number of aliphatic hydroxyl groups excluding tert-OH is 2. The lowest BCUT2D eigenvalue weighted by molar-refractivity contribution is -0.134. The minimum atomic E-state index is -1.47. The summed E-state index contributed by atoms with van der Waals surface area (Å²) >= 11 is 0. The molecular formula is C51H71N11O9. The van der Waals surface area contributed by atoms with E-state index >= 15 is 0 Å². The fourth-order valence-corrected chi connectivity index (χ4v) is 8.11. The fraction of sp³-hybridized carbons (Fsp3) is 0.471. The van der Waals surface area contributed by atoms with Crippen LogP contribution in [0.15, 0.2) is 83.9 Å². The van der Waals surface area contributed by atoms with Crippen molar-refractivity contribution < 1.29 is 43.8 Å². The van der Waals surface area contributed by atoms with Crippen molar-refractivity contribution in [3.63, 3.8) is 0 Å². The number of carbonyl (C=O) groups is 7. The minimum Gasteiger partial charge on any atom is -0.391 e. The van der Waals surface area contributed by atoms with Crippen LogP contribution in [0, 0.1) is 11.8 Å². The predicted octanol–water partition coefficient (Wildman–Crippen LogP) is 1.46. The van der Waals surface area contributed by atoms with Gasteiger partial charge in [-0.3, -0.25) is 38.6 Å². The summed E-state index contributed by atoms with van der Waals surface area (Å²) in [5.74, 6) is -6.87. The molecule has 0 radical (unpaired) electrons. The molecule has 0 saturated carbocycles. The number of hydrogen-bond donors (Lipinski definition) is 11. The number of amides is 7. The second kappa shape index (κ2) is 27.9. The van der Waals surface area contributed by atoms with Gasteiger partial charge in [0.05, 0.1) is 23.8 Å². The van der Waals surface area contributed by atoms with E-state index in [1.807, 2.05) is 68.4 Å². The Bertz CT molecular complexity index is 2500. The highest BCUT2D eigenvalue weighted by molar-refractivity contribution is 5.99. The number of carbonyl (C=O) groups excluding carboxylic acids is 7. The summed E-state index contributed by atoms with van der Waals surface area (Å²) in [4.78, 5) is 103. The van der Waals surface area contributed by atoms with Gasteiger partial charge >= 0.3 is 0 Å². The van der Waals surface area contributed by atoms with Crippen molar-refractivity contribution in [3.8, 4) is 0 Å². The van der Waals surface area contributed by atoms with Gasteiger partial charge in [0.15, 0.2) is 5.96 Å². The Morgan fingerprint density at radius 3 is 1.96 bits per heavy atom. The maximum Gasteiger partial charge on any atom is 0.270 e. The predicted molar refractivity (Wildman–Crippen MR) is 271 cm³/mol. The number of pyridine rings is 1. The third kappa shape index (κ3) is 17.6. The second-order valence-corrected chi connectivity index (χ2v) is 18.1. The molecule has 1 aromatic heterocycles. The standard InChI is InChI=1S/C51H71N11O9/c1-5-7-16-37(58-49(70)43(29(3)6-2)61-50(71)44(30(4)63)62-48(69)39-22-21-33-14-10-11-17-36(33)57-39)41(64)28-35(27-31-19-20-32-13-8-9-15-34(32)26-31)46(67)60-40(23-24-42(52)65)47(68)59-38(45(53)66)18-12-25-56-51(54)55/h8-11,13-15,17,19-22,26,29-30,35,37-38,40-41,43-44,63-64H,5-7,12,16,18,23-25,27-28H2,1-4H3,(H2,52,65)(H2,53,66)(H,58,70)(H,59,68)(H,60,67)(H,61,71)(H,62,69)(H4,54,55,56)/t29-,30+,35?,37-,38-,40-,41?,43-,44-/m0/s1. The molecule has 4 rings (SSSR count). The molecule has 4 aromatic rings. The number of nitrogens with zero attached hydrogens (tertiary/aromatic N) is 2. The van der Waals surface area contributed by atoms with Gasteiger partial charge in [-0.15, -0.1) is 0 Å². The molecule has 20 nitrogen and oxygen atoms in total. The Morgan fingerprint density at radius 1 is 0.662 bits per heavy atom. The highest BCUT2D eigenvalue weighted by Gasteiger charge is 2.36. The molecule has 2 unspecified atom stereocenters. The molecule has 0 bridgehead atoms. The fourth-order valence-electron chi connectivity index (χ4n) is 8.11. The molecule has 1 heterocycles. The van der Waals surface area contributed by atoms with Crippen LogP contribution in [0.3, 0.4) is 0 Å². The van der Waals surface area contributed by atoms with Crippen molar-refractivity contribution in [3.05, 3.63) is 90.1 Å². The second-order valence-electron chi connectivity index (χ2n) is 18.1. The lowest BCUT2D eigenvalue weighted by Gasteiger charge is -2.32. The number of aliphatic imine (C=N–C) groups is 1. The van der Waals surface area contributed by atoms with E-state index in [0.29, 0.717) is 24.8 Å². The Kier molecular flexibility index (Phi) is 22.1. The molecule has 0 saturated heterocycles. The van der Waals surface area contributed by atoms with Gasteiger partial charge in [0.1, 0.15) is 29.9 Å². The summed E-state index contributed by atoms with van der Waals surface area (Å²) in [6, 6.07) is 17.6. The Balaban J connectivity index is 1.59. The van der Waals surface area contributed by atoms with Crippen LogP contribution >= 0.6 is 0 Å². The van der Waals surface area contributed by atoms with Crippen LogP contribution < -0.4 is 49.5 Å². The summed E-state index contributed by atoms with van der Waals surface area (Å²) < 4.78 is 0. The van der Waals surface area contributed by atoms with Gasteiger partial charge in [-0.1, -0.05) is 107 Å². The summed E-state index contributed by atoms with van der Waals surface area (Å²) in [6.45, 7) is 7.01. The maximum absolute atomic E-state index is 14.5. The number of unbranched alkanes of at least 4 members (excludes halogenated alkanes) is 1. The molecule has 0 spiro atoms. The first-order valence-corrected chi connectivity index (χ1v) is 24.2. The zero-order valence-corrected chi connectivity index (χ0v) is 40.9. The third-order valence-corrected chi connectivity index (χ3v) is 12.4. The average Bonchev–Trinajstić information content (AvgIpc) is 3.34. The number of nitrogens with two attached hydrogens (primary N) is 4. The van der Waals surface area contributed by atoms with Crippen LogP contribution in [0.5, 0.6) is 0 Å². The number of hydrogen-bond acceptors (Lipinski definition) is 11. The van der Waals surface area contributed by atoms with Gasteiger partial charge < -0.3 is 59.7 Å². The quantitative estimate of drug-likeness (QED) is 0.0209. The van der Waals surface area contributed by atoms with E-state index in [0.717, 1.165) is 21.7 Å². The molecule has 71 heavy (non-hydrogen) atoms. The largest absolute Gasteiger partial charge is 0.391 e. The van der Waals surface area contributed by atoms with Gasteiger partial charge in [0, 0.05) is 24.3 Å². The van der Waals surface area contributed by atoms with E-state index < -0.39 is 95.6 Å². The number of primary amides is 2. The highest BCUT2D eigenvalue weighted by atomic mass is 16.3. The molecule has 15 N–H and O–H groups in total. The summed E-state index contributed by atoms with van der Waals surface area (Å²) in [6.07, 6.45) is -1.09. The van der Waals surface area contributed by atoms with Crippen LogP contribution in [-0.4, -0.2) is 111 Å². The van der Waals surface area contributed by atoms with E-state index in [1.165, 1.54) is 13.0 Å². The molecule has 0 aliphatic carbocycles. The van der Waals surface area contributed by atoms with Crippen LogP contribution in [0.1, 0.15) is 102 Å². The zero-order chi connectivity index (χ0) is 52.2. The van der Waals surface area contributed by atoms with Crippen LogP contribution in [-0.2, 0) is 35.2 Å². The number of guanidine groups is 1. The average molecular weight is 982 g/mol. The van der Waals surface area contributed by atoms with Crippen molar-refractivity contribution in [2.45, 2.75) is 134 Å². The van der Waals surface area contributed by atoms with Crippen molar-refractivity contribution >= 4 is 69.0 Å². The van der Waals surface area contributed by atoms with Crippen LogP contribution in [0.25, 0.3) is 21.7 Å². The van der Waals surface area contributed by atoms with E-state index in [-0.39, 0.29) is 63.1 Å². The van der Waals surface area contributed by atoms with Gasteiger partial charge in [0.2, 0.25) is 35.4 Å². The molecule has 20 heteroatoms. The van der Waals surface area contributed by atoms with E-state index in [1.54, 1.807) is 25.1 Å². The number of nitrogens with one attached hydrogen (secondary N) is 5. The van der Waals surface area contributed by atoms with E-state index in [2.05, 4.69) is 36.6 Å². The number of aromatic nitrogens is 1. The molecule has 0 fully saturated rings. The van der Waals surface area contributed by atoms with Gasteiger partial charge in [0.25, 0.3) is 5.91 Å². The molecule has 0 aliphatic rings. The number of para-hydroxylation sites is 1. The smallest absolute Gasteiger partial charge is 0.270 e. The molecule has 0 aliphatic heterocycles. The van der Waals surface area contributed by atoms with E-state index in [4.69, 9.17) is 22.9 Å². The zero-order valence-electron chi connectivity index (χ0n) is 40.9. The first-order valence-electron chi connectivity index (χ1n) is 24.2. The first-order chi connectivity index (χ1) is 33.8. The third-order valence-electron chi connectivity index (χ3n) is 12.4. The monoisotopic (exact) mass is 982 g/mol. The van der Waals surface area contributed by atoms with Crippen LogP contribution in [0.2, 0.25) is 0 Å². The van der Waals surface area contributed by atoms with Crippen molar-refractivity contribution in [2.24, 2.45) is 39.8 Å². The molecular weight excluding hydrogens is 911 g/mol. The van der Waals surface area contributed by atoms with Gasteiger partial charge in [-0.2, -0.15) is 0 Å².